The molecule has 9 nitrogen and oxygen atoms in total. The summed E-state index contributed by atoms with van der Waals surface area (Å²) < 4.78 is 39.6. The van der Waals surface area contributed by atoms with Gasteiger partial charge in [0.15, 0.2) is 0 Å². The first-order valence-electron chi connectivity index (χ1n) is 14.2. The van der Waals surface area contributed by atoms with E-state index >= 15 is 0 Å². The fraction of sp³-hybridized carbons (Fsp3) is 0.235. The van der Waals surface area contributed by atoms with Gasteiger partial charge < -0.3 is 19.9 Å². The molecule has 1 saturated heterocycles. The zero-order valence-corrected chi connectivity index (χ0v) is 25.2. The van der Waals surface area contributed by atoms with Crippen molar-refractivity contribution in [3.05, 3.63) is 114 Å². The summed E-state index contributed by atoms with van der Waals surface area (Å²) in [5.41, 5.74) is 3.18. The highest BCUT2D eigenvalue weighted by Gasteiger charge is 2.45. The van der Waals surface area contributed by atoms with Crippen LogP contribution in [0.25, 0.3) is 11.1 Å². The molecule has 0 aromatic heterocycles. The summed E-state index contributed by atoms with van der Waals surface area (Å²) in [6, 6.07) is 27.8. The minimum atomic E-state index is -4.03. The van der Waals surface area contributed by atoms with Gasteiger partial charge in [-0.2, -0.15) is 4.31 Å². The number of carboxylic acid groups (broad SMARTS) is 1. The number of rotatable bonds is 11. The number of aliphatic carboxylic acids is 1. The van der Waals surface area contributed by atoms with E-state index in [4.69, 9.17) is 9.47 Å². The van der Waals surface area contributed by atoms with E-state index in [9.17, 15) is 23.1 Å². The minimum Gasteiger partial charge on any atom is -0.496 e. The van der Waals surface area contributed by atoms with Gasteiger partial charge in [-0.05, 0) is 53.3 Å². The summed E-state index contributed by atoms with van der Waals surface area (Å²) in [5, 5.41) is 12.7. The molecule has 0 bridgehead atoms. The number of amides is 1. The van der Waals surface area contributed by atoms with Crippen LogP contribution in [0, 0.1) is 0 Å². The van der Waals surface area contributed by atoms with Gasteiger partial charge in [0.1, 0.15) is 23.6 Å². The first-order chi connectivity index (χ1) is 21.2. The van der Waals surface area contributed by atoms with Crippen LogP contribution < -0.4 is 14.8 Å². The summed E-state index contributed by atoms with van der Waals surface area (Å²) in [6.07, 6.45) is 0.231. The monoisotopic (exact) mass is 614 g/mol. The fourth-order valence-corrected chi connectivity index (χ4v) is 7.32. The minimum absolute atomic E-state index is 0.00464. The first kappa shape index (κ1) is 30.8. The molecular formula is C34H34N2O7S. The van der Waals surface area contributed by atoms with Crippen LogP contribution in [-0.2, 0) is 26.0 Å². The number of carbonyl (C=O) groups excluding carboxylic acids is 1. The summed E-state index contributed by atoms with van der Waals surface area (Å²) in [7, 11) is -0.877. The fourth-order valence-electron chi connectivity index (χ4n) is 5.65. The van der Waals surface area contributed by atoms with E-state index < -0.39 is 34.0 Å². The Hall–Kier alpha value is -4.67. The third-order valence-electron chi connectivity index (χ3n) is 7.90. The molecule has 0 saturated carbocycles. The van der Waals surface area contributed by atoms with Crippen LogP contribution in [0.4, 0.5) is 0 Å². The average molecular weight is 615 g/mol. The molecule has 0 aliphatic carbocycles. The van der Waals surface area contributed by atoms with E-state index in [0.717, 1.165) is 16.7 Å². The van der Waals surface area contributed by atoms with Gasteiger partial charge in [0, 0.05) is 13.0 Å². The van der Waals surface area contributed by atoms with E-state index in [1.807, 2.05) is 60.7 Å². The number of nitrogens with one attached hydrogen (secondary N) is 1. The number of carbonyl (C=O) groups is 2. The molecule has 1 amide bonds. The van der Waals surface area contributed by atoms with Crippen molar-refractivity contribution >= 4 is 21.9 Å². The summed E-state index contributed by atoms with van der Waals surface area (Å²) in [4.78, 5) is 26.1. The largest absolute Gasteiger partial charge is 0.496 e. The standard InChI is InChI=1S/C34H34N2O7S/c1-42-30-14-9-15-31(43-2)32(30)25-18-16-23(17-19-25)20-28(34(38)39)35-33(37)29-21-26(24-10-5-3-6-11-24)22-36(29)44(40,41)27-12-7-4-8-13-27/h3-19,26,28-29H,20-22H2,1-2H3,(H,35,37)(H,38,39)/t26-,28-,29+/m0/s1. The molecule has 0 radical (unpaired) electrons. The van der Waals surface area contributed by atoms with Crippen LogP contribution in [0.15, 0.2) is 108 Å². The van der Waals surface area contributed by atoms with Crippen LogP contribution in [0.5, 0.6) is 11.5 Å². The van der Waals surface area contributed by atoms with Crippen molar-refractivity contribution in [2.45, 2.75) is 35.7 Å². The van der Waals surface area contributed by atoms with Crippen LogP contribution in [0.3, 0.4) is 0 Å². The molecular weight excluding hydrogens is 580 g/mol. The molecule has 228 valence electrons. The van der Waals surface area contributed by atoms with Gasteiger partial charge in [0.25, 0.3) is 0 Å². The number of sulfonamides is 1. The lowest BCUT2D eigenvalue weighted by Gasteiger charge is -2.25. The molecule has 4 aromatic rings. The summed E-state index contributed by atoms with van der Waals surface area (Å²) in [5.74, 6) is -0.829. The molecule has 10 heteroatoms. The highest BCUT2D eigenvalue weighted by atomic mass is 32.2. The van der Waals surface area contributed by atoms with Gasteiger partial charge in [0.05, 0.1) is 24.7 Å². The zero-order valence-electron chi connectivity index (χ0n) is 24.4. The Labute approximate surface area is 257 Å². The van der Waals surface area contributed by atoms with Gasteiger partial charge >= 0.3 is 5.97 Å². The van der Waals surface area contributed by atoms with E-state index in [1.165, 1.54) is 16.4 Å². The Morgan fingerprint density at radius 2 is 1.45 bits per heavy atom. The third-order valence-corrected chi connectivity index (χ3v) is 9.79. The van der Waals surface area contributed by atoms with E-state index in [1.54, 1.807) is 44.6 Å². The van der Waals surface area contributed by atoms with Crippen molar-refractivity contribution in [2.24, 2.45) is 0 Å². The van der Waals surface area contributed by atoms with Crippen molar-refractivity contribution < 1.29 is 32.6 Å². The molecule has 1 aliphatic heterocycles. The lowest BCUT2D eigenvalue weighted by atomic mass is 9.96. The van der Waals surface area contributed by atoms with E-state index in [2.05, 4.69) is 5.32 Å². The maximum Gasteiger partial charge on any atom is 0.326 e. The number of benzene rings is 4. The van der Waals surface area contributed by atoms with Crippen molar-refractivity contribution in [1.29, 1.82) is 0 Å². The molecule has 0 unspecified atom stereocenters. The number of nitrogens with zero attached hydrogens (tertiary/aromatic N) is 1. The lowest BCUT2D eigenvalue weighted by Crippen LogP contribution is -2.51. The van der Waals surface area contributed by atoms with Gasteiger partial charge in [-0.3, -0.25) is 4.79 Å². The van der Waals surface area contributed by atoms with Gasteiger partial charge in [-0.25, -0.2) is 13.2 Å². The third kappa shape index (κ3) is 6.46. The van der Waals surface area contributed by atoms with Crippen molar-refractivity contribution in [1.82, 2.24) is 9.62 Å². The topological polar surface area (TPSA) is 122 Å². The van der Waals surface area contributed by atoms with Crippen LogP contribution in [-0.4, -0.2) is 62.6 Å². The second-order valence-electron chi connectivity index (χ2n) is 10.6. The molecule has 5 rings (SSSR count). The van der Waals surface area contributed by atoms with Crippen molar-refractivity contribution in [2.75, 3.05) is 20.8 Å². The number of methoxy groups -OCH3 is 2. The first-order valence-corrected chi connectivity index (χ1v) is 15.6. The van der Waals surface area contributed by atoms with Crippen LogP contribution in [0.1, 0.15) is 23.5 Å². The molecule has 1 aliphatic rings. The lowest BCUT2D eigenvalue weighted by molar-refractivity contribution is -0.142. The summed E-state index contributed by atoms with van der Waals surface area (Å²) >= 11 is 0. The normalized spacial score (nSPS) is 17.5. The smallest absolute Gasteiger partial charge is 0.326 e. The van der Waals surface area contributed by atoms with Crippen LogP contribution in [0.2, 0.25) is 0 Å². The van der Waals surface area contributed by atoms with Crippen molar-refractivity contribution in [3.63, 3.8) is 0 Å². The quantitative estimate of drug-likeness (QED) is 0.251. The molecule has 1 heterocycles. The average Bonchev–Trinajstić information content (AvgIpc) is 3.52. The van der Waals surface area contributed by atoms with Crippen LogP contribution >= 0.6 is 0 Å². The highest BCUT2D eigenvalue weighted by molar-refractivity contribution is 7.89. The SMILES string of the molecule is COc1cccc(OC)c1-c1ccc(C[C@H](NC(=O)[C@H]2C[C@H](c3ccccc3)CN2S(=O)(=O)c2ccccc2)C(=O)O)cc1. The second-order valence-corrected chi connectivity index (χ2v) is 12.5. The predicted molar refractivity (Wildman–Crippen MR) is 166 cm³/mol. The van der Waals surface area contributed by atoms with Gasteiger partial charge in [-0.15, -0.1) is 0 Å². The summed E-state index contributed by atoms with van der Waals surface area (Å²) in [6.45, 7) is 0.102. The molecule has 0 spiro atoms. The Morgan fingerprint density at radius 1 is 0.864 bits per heavy atom. The molecule has 2 N–H and O–H groups in total. The predicted octanol–water partition coefficient (Wildman–Crippen LogP) is 4.73. The Morgan fingerprint density at radius 3 is 2.02 bits per heavy atom. The Kier molecular flexibility index (Phi) is 9.32. The van der Waals surface area contributed by atoms with Crippen molar-refractivity contribution in [3.8, 4) is 22.6 Å². The number of hydrogen-bond acceptors (Lipinski definition) is 6. The maximum absolute atomic E-state index is 13.7. The number of ether oxygens (including phenoxy) is 2. The molecule has 4 aromatic carbocycles. The zero-order chi connectivity index (χ0) is 31.3. The second kappa shape index (κ2) is 13.3. The maximum atomic E-state index is 13.7. The highest BCUT2D eigenvalue weighted by Crippen LogP contribution is 2.38. The van der Waals surface area contributed by atoms with E-state index in [0.29, 0.717) is 17.1 Å². The Bertz CT molecular complexity index is 1690. The number of hydrogen-bond donors (Lipinski definition) is 2. The Balaban J connectivity index is 1.37. The van der Waals surface area contributed by atoms with E-state index in [-0.39, 0.29) is 30.2 Å². The number of carboxylic acids is 1. The van der Waals surface area contributed by atoms with Gasteiger partial charge in [0.2, 0.25) is 15.9 Å². The molecule has 3 atom stereocenters. The molecule has 1 fully saturated rings. The van der Waals surface area contributed by atoms with Gasteiger partial charge in [-0.1, -0.05) is 78.9 Å². The molecule has 44 heavy (non-hydrogen) atoms.